The Morgan fingerprint density at radius 3 is 2.47 bits per heavy atom. The molecule has 1 saturated carbocycles. The van der Waals surface area contributed by atoms with E-state index in [9.17, 15) is 14.9 Å². The van der Waals surface area contributed by atoms with Crippen molar-refractivity contribution in [1.82, 2.24) is 20.6 Å². The lowest BCUT2D eigenvalue weighted by molar-refractivity contribution is -0.385. The number of benzene rings is 1. The molecule has 3 atom stereocenters. The zero-order chi connectivity index (χ0) is 22.3. The van der Waals surface area contributed by atoms with Gasteiger partial charge in [-0.25, -0.2) is 14.8 Å². The Morgan fingerprint density at radius 1 is 1.03 bits per heavy atom. The number of piperidine rings is 1. The second-order valence-electron chi connectivity index (χ2n) is 8.41. The van der Waals surface area contributed by atoms with E-state index >= 15 is 0 Å². The number of para-hydroxylation sites is 1. The second-order valence-corrected chi connectivity index (χ2v) is 8.41. The Bertz CT molecular complexity index is 910. The van der Waals surface area contributed by atoms with Gasteiger partial charge in [-0.1, -0.05) is 31.0 Å². The molecule has 2 heterocycles. The molecule has 4 rings (SSSR count). The molecule has 0 bridgehead atoms. The number of nitrogens with one attached hydrogen (secondary N) is 3. The van der Waals surface area contributed by atoms with Gasteiger partial charge in [0, 0.05) is 36.9 Å². The van der Waals surface area contributed by atoms with Crippen molar-refractivity contribution in [3.63, 3.8) is 0 Å². The van der Waals surface area contributed by atoms with E-state index in [1.54, 1.807) is 0 Å². The predicted octanol–water partition coefficient (Wildman–Crippen LogP) is 3.08. The molecular formula is C22H29N7O3. The maximum absolute atomic E-state index is 12.5. The first-order chi connectivity index (χ1) is 15.6. The van der Waals surface area contributed by atoms with Crippen molar-refractivity contribution in [3.8, 4) is 0 Å². The number of amides is 2. The number of nitro groups is 1. The van der Waals surface area contributed by atoms with Gasteiger partial charge in [0.05, 0.1) is 4.92 Å². The van der Waals surface area contributed by atoms with E-state index in [4.69, 9.17) is 0 Å². The van der Waals surface area contributed by atoms with Gasteiger partial charge in [0.15, 0.2) is 0 Å². The minimum absolute atomic E-state index is 0.0680. The quantitative estimate of drug-likeness (QED) is 0.466. The van der Waals surface area contributed by atoms with Crippen LogP contribution in [0.15, 0.2) is 42.7 Å². The van der Waals surface area contributed by atoms with E-state index in [0.717, 1.165) is 57.3 Å². The average molecular weight is 440 g/mol. The zero-order valence-corrected chi connectivity index (χ0v) is 17.9. The van der Waals surface area contributed by atoms with Crippen molar-refractivity contribution < 1.29 is 9.72 Å². The van der Waals surface area contributed by atoms with E-state index < -0.39 is 4.92 Å². The van der Waals surface area contributed by atoms with Crippen LogP contribution in [0.4, 0.5) is 22.1 Å². The molecule has 2 aromatic rings. The summed E-state index contributed by atoms with van der Waals surface area (Å²) >= 11 is 0. The van der Waals surface area contributed by atoms with Crippen LogP contribution in [0.3, 0.4) is 0 Å². The fourth-order valence-electron chi connectivity index (χ4n) is 4.53. The zero-order valence-electron chi connectivity index (χ0n) is 17.9. The maximum atomic E-state index is 12.5. The van der Waals surface area contributed by atoms with Gasteiger partial charge in [0.1, 0.15) is 12.4 Å². The lowest BCUT2D eigenvalue weighted by Crippen LogP contribution is -2.57. The van der Waals surface area contributed by atoms with Crippen LogP contribution in [0, 0.1) is 10.1 Å². The Balaban J connectivity index is 1.33. The van der Waals surface area contributed by atoms with Crippen LogP contribution in [0.25, 0.3) is 0 Å². The third-order valence-electron chi connectivity index (χ3n) is 6.10. The van der Waals surface area contributed by atoms with Crippen LogP contribution in [0.2, 0.25) is 0 Å². The number of rotatable bonds is 6. The molecule has 2 aliphatic rings. The summed E-state index contributed by atoms with van der Waals surface area (Å²) in [6.07, 6.45) is 8.72. The highest BCUT2D eigenvalue weighted by atomic mass is 16.6. The highest BCUT2D eigenvalue weighted by molar-refractivity contribution is 5.89. The Kier molecular flexibility index (Phi) is 7.10. The molecule has 32 heavy (non-hydrogen) atoms. The van der Waals surface area contributed by atoms with Crippen molar-refractivity contribution in [1.29, 1.82) is 0 Å². The van der Waals surface area contributed by atoms with E-state index in [-0.39, 0.29) is 29.8 Å². The topological polar surface area (TPSA) is 125 Å². The van der Waals surface area contributed by atoms with E-state index in [2.05, 4.69) is 30.8 Å². The van der Waals surface area contributed by atoms with Crippen molar-refractivity contribution in [2.75, 3.05) is 23.3 Å². The Hall–Kier alpha value is -3.27. The van der Waals surface area contributed by atoms with Crippen LogP contribution < -0.4 is 20.9 Å². The van der Waals surface area contributed by atoms with Crippen LogP contribution in [-0.2, 0) is 0 Å². The molecule has 1 aliphatic carbocycles. The predicted molar refractivity (Wildman–Crippen MR) is 122 cm³/mol. The number of nitrogens with zero attached hydrogens (tertiary/aromatic N) is 4. The average Bonchev–Trinajstić information content (AvgIpc) is 2.81. The minimum atomic E-state index is -0.492. The highest BCUT2D eigenvalue weighted by Gasteiger charge is 2.30. The third kappa shape index (κ3) is 5.70. The van der Waals surface area contributed by atoms with Crippen LogP contribution in [0.1, 0.15) is 38.5 Å². The molecule has 0 radical (unpaired) electrons. The molecule has 10 nitrogen and oxygen atoms in total. The molecule has 1 aromatic heterocycles. The van der Waals surface area contributed by atoms with Gasteiger partial charge in [0.2, 0.25) is 5.95 Å². The van der Waals surface area contributed by atoms with Gasteiger partial charge >= 0.3 is 11.7 Å². The largest absolute Gasteiger partial charge is 0.339 e. The van der Waals surface area contributed by atoms with Crippen molar-refractivity contribution >= 4 is 23.4 Å². The molecule has 3 N–H and O–H groups in total. The molecule has 2 amide bonds. The van der Waals surface area contributed by atoms with Gasteiger partial charge in [-0.05, 0) is 37.8 Å². The molecule has 0 spiro atoms. The fraction of sp³-hybridized carbons (Fsp3) is 0.500. The monoisotopic (exact) mass is 439 g/mol. The molecule has 2 fully saturated rings. The summed E-state index contributed by atoms with van der Waals surface area (Å²) in [7, 11) is 0. The van der Waals surface area contributed by atoms with Crippen molar-refractivity contribution in [2.24, 2.45) is 0 Å². The van der Waals surface area contributed by atoms with E-state index in [0.29, 0.717) is 5.95 Å². The molecule has 10 heteroatoms. The van der Waals surface area contributed by atoms with Crippen LogP contribution in [-0.4, -0.2) is 52.1 Å². The van der Waals surface area contributed by atoms with Crippen LogP contribution in [0.5, 0.6) is 0 Å². The number of urea groups is 1. The van der Waals surface area contributed by atoms with Gasteiger partial charge in [0.25, 0.3) is 0 Å². The first-order valence-electron chi connectivity index (χ1n) is 11.2. The lowest BCUT2D eigenvalue weighted by atomic mass is 9.89. The summed E-state index contributed by atoms with van der Waals surface area (Å²) in [5, 5.41) is 20.7. The summed E-state index contributed by atoms with van der Waals surface area (Å²) in [5.41, 5.74) is 0.668. The normalized spacial score (nSPS) is 23.4. The third-order valence-corrected chi connectivity index (χ3v) is 6.10. The second kappa shape index (κ2) is 10.4. The van der Waals surface area contributed by atoms with Crippen LogP contribution >= 0.6 is 0 Å². The lowest BCUT2D eigenvalue weighted by Gasteiger charge is -2.39. The van der Waals surface area contributed by atoms with E-state index in [1.165, 1.54) is 12.4 Å². The summed E-state index contributed by atoms with van der Waals surface area (Å²) in [5.74, 6) is 0.516. The molecule has 1 aliphatic heterocycles. The molecule has 170 valence electrons. The molecule has 1 saturated heterocycles. The van der Waals surface area contributed by atoms with Gasteiger partial charge < -0.3 is 20.9 Å². The highest BCUT2D eigenvalue weighted by Crippen LogP contribution is 2.23. The molecule has 1 unspecified atom stereocenters. The first kappa shape index (κ1) is 21.9. The standard InChI is InChI=1S/C22H29N7O3/c30-22(26-16-7-2-1-3-8-16)27-20-11-5-4-10-19(20)25-17-9-6-12-28(15-17)21-23-13-18(14-24-21)29(31)32/h1-3,7-8,13-14,17,19-20,25H,4-6,9-12,15H2,(H2,26,27,30)/t17?,19-,20-/m1/s1. The fourth-order valence-corrected chi connectivity index (χ4v) is 4.53. The van der Waals surface area contributed by atoms with Crippen molar-refractivity contribution in [2.45, 2.75) is 56.7 Å². The number of carbonyl (C=O) groups is 1. The SMILES string of the molecule is O=C(Nc1ccccc1)N[C@@H]1CCCC[C@H]1NC1CCCN(c2ncc([N+](=O)[O-])cn2)C1. The summed E-state index contributed by atoms with van der Waals surface area (Å²) in [4.78, 5) is 33.3. The minimum Gasteiger partial charge on any atom is -0.339 e. The van der Waals surface area contributed by atoms with Crippen molar-refractivity contribution in [3.05, 3.63) is 52.8 Å². The number of hydrogen-bond donors (Lipinski definition) is 3. The first-order valence-corrected chi connectivity index (χ1v) is 11.2. The van der Waals surface area contributed by atoms with Gasteiger partial charge in [-0.15, -0.1) is 0 Å². The summed E-state index contributed by atoms with van der Waals surface area (Å²) in [6.45, 7) is 1.55. The molecular weight excluding hydrogens is 410 g/mol. The number of aromatic nitrogens is 2. The maximum Gasteiger partial charge on any atom is 0.319 e. The van der Waals surface area contributed by atoms with Gasteiger partial charge in [-0.2, -0.15) is 0 Å². The summed E-state index contributed by atoms with van der Waals surface area (Å²) in [6, 6.07) is 9.77. The Morgan fingerprint density at radius 2 is 1.75 bits per heavy atom. The number of anilines is 2. The molecule has 1 aromatic carbocycles. The number of hydrogen-bond acceptors (Lipinski definition) is 7. The smallest absolute Gasteiger partial charge is 0.319 e. The number of carbonyl (C=O) groups excluding carboxylic acids is 1. The Labute approximate surface area is 187 Å². The van der Waals surface area contributed by atoms with E-state index in [1.807, 2.05) is 30.3 Å². The van der Waals surface area contributed by atoms with Gasteiger partial charge in [-0.3, -0.25) is 10.1 Å². The summed E-state index contributed by atoms with van der Waals surface area (Å²) < 4.78 is 0.